The van der Waals surface area contributed by atoms with Crippen LogP contribution in [0.1, 0.15) is 60.3 Å². The zero-order valence-electron chi connectivity index (χ0n) is 13.3. The van der Waals surface area contributed by atoms with E-state index in [4.69, 9.17) is 0 Å². The smallest absolute Gasteiger partial charge is 0.00151 e. The fourth-order valence-electron chi connectivity index (χ4n) is 2.77. The molecular formula is C16H34N2. The average molecular weight is 254 g/mol. The number of nitrogens with zero attached hydrogens (tertiary/aromatic N) is 1. The van der Waals surface area contributed by atoms with Gasteiger partial charge in [0.15, 0.2) is 0 Å². The van der Waals surface area contributed by atoms with Gasteiger partial charge in [-0.2, -0.15) is 0 Å². The highest BCUT2D eigenvalue weighted by Crippen LogP contribution is 2.33. The topological polar surface area (TPSA) is 15.3 Å². The fourth-order valence-corrected chi connectivity index (χ4v) is 2.77. The van der Waals surface area contributed by atoms with Gasteiger partial charge in [0.05, 0.1) is 0 Å². The number of rotatable bonds is 7. The van der Waals surface area contributed by atoms with E-state index in [2.05, 4.69) is 44.8 Å². The molecule has 2 nitrogen and oxygen atoms in total. The first-order valence-corrected chi connectivity index (χ1v) is 7.85. The van der Waals surface area contributed by atoms with Crippen molar-refractivity contribution in [2.24, 2.45) is 11.3 Å². The first-order chi connectivity index (χ1) is 8.39. The number of hydrogen-bond donors (Lipinski definition) is 1. The Hall–Kier alpha value is -0.0800. The lowest BCUT2D eigenvalue weighted by atomic mass is 9.80. The van der Waals surface area contributed by atoms with Crippen LogP contribution in [0, 0.1) is 11.3 Å². The third kappa shape index (κ3) is 6.19. The summed E-state index contributed by atoms with van der Waals surface area (Å²) >= 11 is 0. The van der Waals surface area contributed by atoms with Gasteiger partial charge in [-0.3, -0.25) is 0 Å². The molecule has 0 amide bonds. The summed E-state index contributed by atoms with van der Waals surface area (Å²) in [5, 5.41) is 3.49. The maximum atomic E-state index is 3.49. The van der Waals surface area contributed by atoms with E-state index < -0.39 is 0 Å². The van der Waals surface area contributed by atoms with Gasteiger partial charge in [0.1, 0.15) is 0 Å². The first kappa shape index (κ1) is 16.0. The number of unbranched alkanes of at least 4 members (excludes halogenated alkanes) is 2. The van der Waals surface area contributed by atoms with Crippen LogP contribution in [0.15, 0.2) is 0 Å². The molecule has 108 valence electrons. The third-order valence-corrected chi connectivity index (χ3v) is 4.20. The monoisotopic (exact) mass is 254 g/mol. The SMILES string of the molecule is CC(C)NCCCCCN1CCC(C(C)(C)C)C1. The first-order valence-electron chi connectivity index (χ1n) is 7.85. The van der Waals surface area contributed by atoms with Gasteiger partial charge in [0.25, 0.3) is 0 Å². The highest BCUT2D eigenvalue weighted by atomic mass is 15.1. The Morgan fingerprint density at radius 1 is 1.17 bits per heavy atom. The normalized spacial score (nSPS) is 22.0. The van der Waals surface area contributed by atoms with Gasteiger partial charge < -0.3 is 10.2 Å². The third-order valence-electron chi connectivity index (χ3n) is 4.20. The van der Waals surface area contributed by atoms with E-state index in [9.17, 15) is 0 Å². The lowest BCUT2D eigenvalue weighted by molar-refractivity contribution is 0.227. The number of nitrogens with one attached hydrogen (secondary N) is 1. The summed E-state index contributed by atoms with van der Waals surface area (Å²) in [5.41, 5.74) is 0.496. The van der Waals surface area contributed by atoms with E-state index in [1.165, 1.54) is 51.9 Å². The highest BCUT2D eigenvalue weighted by Gasteiger charge is 2.31. The van der Waals surface area contributed by atoms with Crippen LogP contribution < -0.4 is 5.32 Å². The minimum absolute atomic E-state index is 0.496. The van der Waals surface area contributed by atoms with Crippen molar-refractivity contribution in [2.45, 2.75) is 66.3 Å². The van der Waals surface area contributed by atoms with Crippen LogP contribution in [0.4, 0.5) is 0 Å². The molecule has 0 spiro atoms. The molecule has 1 aliphatic rings. The Morgan fingerprint density at radius 2 is 1.89 bits per heavy atom. The van der Waals surface area contributed by atoms with Crippen molar-refractivity contribution in [1.82, 2.24) is 10.2 Å². The Kier molecular flexibility index (Phi) is 6.65. The maximum absolute atomic E-state index is 3.49. The van der Waals surface area contributed by atoms with Crippen molar-refractivity contribution in [1.29, 1.82) is 0 Å². The Bertz CT molecular complexity index is 218. The van der Waals surface area contributed by atoms with Crippen LogP contribution in [0.25, 0.3) is 0 Å². The molecular weight excluding hydrogens is 220 g/mol. The zero-order valence-corrected chi connectivity index (χ0v) is 13.3. The Morgan fingerprint density at radius 3 is 2.44 bits per heavy atom. The van der Waals surface area contributed by atoms with E-state index in [0.717, 1.165) is 5.92 Å². The summed E-state index contributed by atoms with van der Waals surface area (Å²) in [4.78, 5) is 2.67. The molecule has 1 saturated heterocycles. The molecule has 1 unspecified atom stereocenters. The van der Waals surface area contributed by atoms with Gasteiger partial charge >= 0.3 is 0 Å². The second-order valence-corrected chi connectivity index (χ2v) is 7.32. The van der Waals surface area contributed by atoms with Gasteiger partial charge in [-0.15, -0.1) is 0 Å². The molecule has 0 aliphatic carbocycles. The molecule has 1 rings (SSSR count). The standard InChI is InChI=1S/C16H34N2/c1-14(2)17-10-7-6-8-11-18-12-9-15(13-18)16(3,4)5/h14-15,17H,6-13H2,1-5H3. The molecule has 0 aromatic heterocycles. The predicted molar refractivity (Wildman–Crippen MR) is 81.0 cm³/mol. The van der Waals surface area contributed by atoms with Crippen LogP contribution >= 0.6 is 0 Å². The van der Waals surface area contributed by atoms with Gasteiger partial charge in [0.2, 0.25) is 0 Å². The van der Waals surface area contributed by atoms with Crippen molar-refractivity contribution in [3.63, 3.8) is 0 Å². The van der Waals surface area contributed by atoms with Crippen molar-refractivity contribution in [2.75, 3.05) is 26.2 Å². The molecule has 0 aromatic carbocycles. The number of hydrogen-bond acceptors (Lipinski definition) is 2. The van der Waals surface area contributed by atoms with E-state index in [1.807, 2.05) is 0 Å². The van der Waals surface area contributed by atoms with Crippen molar-refractivity contribution in [3.8, 4) is 0 Å². The Labute approximate surface area is 115 Å². The zero-order chi connectivity index (χ0) is 13.6. The van der Waals surface area contributed by atoms with E-state index >= 15 is 0 Å². The van der Waals surface area contributed by atoms with Gasteiger partial charge in [-0.25, -0.2) is 0 Å². The largest absolute Gasteiger partial charge is 0.315 e. The number of likely N-dealkylation sites (tertiary alicyclic amines) is 1. The summed E-state index contributed by atoms with van der Waals surface area (Å²) in [5.74, 6) is 0.903. The minimum Gasteiger partial charge on any atom is -0.315 e. The van der Waals surface area contributed by atoms with Crippen molar-refractivity contribution >= 4 is 0 Å². The summed E-state index contributed by atoms with van der Waals surface area (Å²) in [6.45, 7) is 16.8. The van der Waals surface area contributed by atoms with Crippen LogP contribution in [0.2, 0.25) is 0 Å². The molecule has 1 N–H and O–H groups in total. The van der Waals surface area contributed by atoms with Crippen LogP contribution in [-0.4, -0.2) is 37.1 Å². The van der Waals surface area contributed by atoms with Crippen molar-refractivity contribution < 1.29 is 0 Å². The van der Waals surface area contributed by atoms with Gasteiger partial charge in [-0.05, 0) is 50.2 Å². The molecule has 0 saturated carbocycles. The van der Waals surface area contributed by atoms with Crippen LogP contribution in [0.5, 0.6) is 0 Å². The summed E-state index contributed by atoms with van der Waals surface area (Å²) in [7, 11) is 0. The highest BCUT2D eigenvalue weighted by molar-refractivity contribution is 4.83. The lowest BCUT2D eigenvalue weighted by Gasteiger charge is -2.27. The summed E-state index contributed by atoms with van der Waals surface area (Å²) in [6, 6.07) is 0.635. The van der Waals surface area contributed by atoms with E-state index in [0.29, 0.717) is 11.5 Å². The molecule has 2 heteroatoms. The molecule has 1 aliphatic heterocycles. The van der Waals surface area contributed by atoms with Gasteiger partial charge in [-0.1, -0.05) is 41.0 Å². The molecule has 0 radical (unpaired) electrons. The maximum Gasteiger partial charge on any atom is 0.00151 e. The summed E-state index contributed by atoms with van der Waals surface area (Å²) < 4.78 is 0. The van der Waals surface area contributed by atoms with Crippen LogP contribution in [0.3, 0.4) is 0 Å². The lowest BCUT2D eigenvalue weighted by Crippen LogP contribution is -2.27. The average Bonchev–Trinajstić information content (AvgIpc) is 2.71. The molecule has 1 atom stereocenters. The minimum atomic E-state index is 0.496. The van der Waals surface area contributed by atoms with Gasteiger partial charge in [0, 0.05) is 12.6 Å². The molecule has 0 bridgehead atoms. The quantitative estimate of drug-likeness (QED) is 0.699. The molecule has 0 aromatic rings. The molecule has 1 fully saturated rings. The fraction of sp³-hybridized carbons (Fsp3) is 1.00. The van der Waals surface area contributed by atoms with Crippen molar-refractivity contribution in [3.05, 3.63) is 0 Å². The second-order valence-electron chi connectivity index (χ2n) is 7.32. The van der Waals surface area contributed by atoms with Crippen LogP contribution in [-0.2, 0) is 0 Å². The predicted octanol–water partition coefficient (Wildman–Crippen LogP) is 3.52. The second kappa shape index (κ2) is 7.49. The summed E-state index contributed by atoms with van der Waals surface area (Å²) in [6.07, 6.45) is 5.47. The Balaban J connectivity index is 2.01. The van der Waals surface area contributed by atoms with E-state index in [1.54, 1.807) is 0 Å². The molecule has 1 heterocycles. The van der Waals surface area contributed by atoms with E-state index in [-0.39, 0.29) is 0 Å². The molecule has 18 heavy (non-hydrogen) atoms.